The number of fused-ring (bicyclic) bond motifs is 1. The lowest BCUT2D eigenvalue weighted by molar-refractivity contribution is -0.142. The first-order chi connectivity index (χ1) is 19.4. The third kappa shape index (κ3) is 10.5. The minimum atomic E-state index is -1.23. The molecular formula is C25H44N10O6. The normalized spacial score (nSPS) is 26.0. The summed E-state index contributed by atoms with van der Waals surface area (Å²) in [5.74, 6) is -3.79. The average molecular weight is 581 g/mol. The van der Waals surface area contributed by atoms with Crippen LogP contribution in [0, 0.1) is 0 Å². The van der Waals surface area contributed by atoms with Crippen molar-refractivity contribution in [1.82, 2.24) is 26.2 Å². The molecule has 6 amide bonds. The minimum Gasteiger partial charge on any atom is -0.370 e. The van der Waals surface area contributed by atoms with Gasteiger partial charge in [0, 0.05) is 19.5 Å². The number of amides is 6. The summed E-state index contributed by atoms with van der Waals surface area (Å²) < 4.78 is 0. The Bertz CT molecular complexity index is 1000. The highest BCUT2D eigenvalue weighted by molar-refractivity contribution is 5.98. The summed E-state index contributed by atoms with van der Waals surface area (Å²) in [7, 11) is 0. The van der Waals surface area contributed by atoms with Crippen molar-refractivity contribution in [3.8, 4) is 0 Å². The van der Waals surface area contributed by atoms with E-state index in [1.165, 1.54) is 11.8 Å². The van der Waals surface area contributed by atoms with Crippen molar-refractivity contribution in [2.75, 3.05) is 19.6 Å². The van der Waals surface area contributed by atoms with Gasteiger partial charge in [0.25, 0.3) is 0 Å². The highest BCUT2D eigenvalue weighted by atomic mass is 16.2. The van der Waals surface area contributed by atoms with E-state index >= 15 is 0 Å². The number of hydrogen-bond acceptors (Lipinski definition) is 8. The molecule has 2 aliphatic rings. The van der Waals surface area contributed by atoms with Crippen molar-refractivity contribution in [3.05, 3.63) is 0 Å². The van der Waals surface area contributed by atoms with Crippen LogP contribution in [0.1, 0.15) is 64.7 Å². The Balaban J connectivity index is 2.43. The molecule has 0 bridgehead atoms. The molecule has 2 heterocycles. The quantitative estimate of drug-likeness (QED) is 0.0680. The van der Waals surface area contributed by atoms with Gasteiger partial charge in [-0.15, -0.1) is 0 Å². The predicted molar refractivity (Wildman–Crippen MR) is 149 cm³/mol. The number of nitrogens with one attached hydrogen (secondary N) is 4. The highest BCUT2D eigenvalue weighted by Crippen LogP contribution is 2.19. The Morgan fingerprint density at radius 3 is 1.98 bits per heavy atom. The van der Waals surface area contributed by atoms with Gasteiger partial charge in [-0.25, -0.2) is 0 Å². The van der Waals surface area contributed by atoms with E-state index < -0.39 is 65.7 Å². The summed E-state index contributed by atoms with van der Waals surface area (Å²) in [6.45, 7) is 2.40. The third-order valence-corrected chi connectivity index (χ3v) is 7.04. The van der Waals surface area contributed by atoms with Crippen LogP contribution < -0.4 is 44.2 Å². The molecular weight excluding hydrogens is 536 g/mol. The van der Waals surface area contributed by atoms with Crippen LogP contribution in [-0.2, 0) is 28.8 Å². The number of hydrogen-bond donors (Lipinski definition) is 8. The fourth-order valence-electron chi connectivity index (χ4n) is 4.83. The molecule has 2 rings (SSSR count). The van der Waals surface area contributed by atoms with Crippen molar-refractivity contribution in [1.29, 1.82) is 0 Å². The lowest BCUT2D eigenvalue weighted by Gasteiger charge is -2.29. The van der Waals surface area contributed by atoms with Crippen LogP contribution in [0.5, 0.6) is 0 Å². The zero-order valence-corrected chi connectivity index (χ0v) is 23.5. The van der Waals surface area contributed by atoms with Gasteiger partial charge >= 0.3 is 0 Å². The van der Waals surface area contributed by atoms with E-state index in [0.29, 0.717) is 45.2 Å². The van der Waals surface area contributed by atoms with Crippen molar-refractivity contribution < 1.29 is 28.8 Å². The Morgan fingerprint density at radius 2 is 1.39 bits per heavy atom. The van der Waals surface area contributed by atoms with Crippen LogP contribution in [0.25, 0.3) is 0 Å². The van der Waals surface area contributed by atoms with E-state index in [4.69, 9.17) is 22.9 Å². The van der Waals surface area contributed by atoms with Gasteiger partial charge in [0.15, 0.2) is 5.96 Å². The highest BCUT2D eigenvalue weighted by Gasteiger charge is 2.39. The first-order valence-corrected chi connectivity index (χ1v) is 14.0. The van der Waals surface area contributed by atoms with E-state index in [2.05, 4.69) is 26.3 Å². The molecule has 0 radical (unpaired) electrons. The topological polar surface area (TPSA) is 270 Å². The predicted octanol–water partition coefficient (Wildman–Crippen LogP) is -3.60. The summed E-state index contributed by atoms with van der Waals surface area (Å²) in [6.07, 6.45) is 2.38. The molecule has 12 N–H and O–H groups in total. The van der Waals surface area contributed by atoms with Crippen molar-refractivity contribution in [2.45, 2.75) is 94.9 Å². The molecule has 2 fully saturated rings. The number of guanidine groups is 1. The van der Waals surface area contributed by atoms with E-state index in [1.54, 1.807) is 0 Å². The molecule has 41 heavy (non-hydrogen) atoms. The maximum atomic E-state index is 13.4. The van der Waals surface area contributed by atoms with E-state index in [-0.39, 0.29) is 38.2 Å². The number of nitrogens with two attached hydrogens (primary N) is 4. The summed E-state index contributed by atoms with van der Waals surface area (Å²) >= 11 is 0. The van der Waals surface area contributed by atoms with Crippen LogP contribution in [-0.4, -0.2) is 96.1 Å². The first kappa shape index (κ1) is 33.3. The zero-order chi connectivity index (χ0) is 30.5. The van der Waals surface area contributed by atoms with Crippen molar-refractivity contribution >= 4 is 41.4 Å². The van der Waals surface area contributed by atoms with Gasteiger partial charge in [0.05, 0.1) is 0 Å². The summed E-state index contributed by atoms with van der Waals surface area (Å²) in [4.78, 5) is 83.3. The Hall–Kier alpha value is -3.95. The molecule has 2 saturated heterocycles. The molecule has 0 saturated carbocycles. The fourth-order valence-corrected chi connectivity index (χ4v) is 4.83. The van der Waals surface area contributed by atoms with Crippen molar-refractivity contribution in [3.63, 3.8) is 0 Å². The second-order valence-corrected chi connectivity index (χ2v) is 10.3. The summed E-state index contributed by atoms with van der Waals surface area (Å²) in [6, 6.07) is -5.18. The van der Waals surface area contributed by atoms with Crippen LogP contribution in [0.15, 0.2) is 4.99 Å². The molecule has 16 nitrogen and oxygen atoms in total. The molecule has 5 atom stereocenters. The Labute approximate surface area is 239 Å². The molecule has 0 spiro atoms. The largest absolute Gasteiger partial charge is 0.370 e. The number of carbonyl (C=O) groups excluding carboxylic acids is 6. The summed E-state index contributed by atoms with van der Waals surface area (Å²) in [5, 5.41) is 10.6. The van der Waals surface area contributed by atoms with Gasteiger partial charge in [-0.1, -0.05) is 0 Å². The van der Waals surface area contributed by atoms with Crippen molar-refractivity contribution in [2.24, 2.45) is 27.9 Å². The SMILES string of the molecule is C[C@@H]1NC(=O)[C@@H](CCCCN)NC(=O)[C@H](CCC(N)=O)NC(=O)[C@@H](CCCN=C(N)N)NC(=O)[C@@H]2CCCN2C1=O. The van der Waals surface area contributed by atoms with Gasteiger partial charge < -0.3 is 49.1 Å². The zero-order valence-electron chi connectivity index (χ0n) is 23.5. The molecule has 0 aromatic rings. The van der Waals surface area contributed by atoms with Crippen LogP contribution in [0.4, 0.5) is 0 Å². The van der Waals surface area contributed by atoms with E-state index in [0.717, 1.165) is 0 Å². The number of unbranched alkanes of at least 4 members (excludes halogenated alkanes) is 1. The van der Waals surface area contributed by atoms with Crippen LogP contribution in [0.2, 0.25) is 0 Å². The van der Waals surface area contributed by atoms with Crippen LogP contribution >= 0.6 is 0 Å². The Kier molecular flexibility index (Phi) is 13.3. The number of aliphatic imine (C=N–C) groups is 1. The smallest absolute Gasteiger partial charge is 0.245 e. The third-order valence-electron chi connectivity index (χ3n) is 7.04. The summed E-state index contributed by atoms with van der Waals surface area (Å²) in [5.41, 5.74) is 21.6. The van der Waals surface area contributed by atoms with Gasteiger partial charge in [-0.05, 0) is 64.8 Å². The Morgan fingerprint density at radius 1 is 0.829 bits per heavy atom. The standard InChI is InChI=1S/C25H44N10O6/c1-14-24(41)35-13-5-8-18(35)23(40)34-16(7-4-12-30-25(28)29)21(38)33-17(9-10-19(27)36)22(39)32-15(20(37)31-14)6-2-3-11-26/h14-18H,2-13,26H2,1H3,(H2,27,36)(H,31,37)(H,32,39)(H,33,38)(H,34,40)(H4,28,29,30)/t14-,15+,16+,17-,18-/m0/s1. The number of carbonyl (C=O) groups is 6. The van der Waals surface area contributed by atoms with E-state index in [9.17, 15) is 28.8 Å². The maximum Gasteiger partial charge on any atom is 0.245 e. The second kappa shape index (κ2) is 16.3. The monoisotopic (exact) mass is 580 g/mol. The number of primary amides is 1. The average Bonchev–Trinajstić information content (AvgIpc) is 3.40. The molecule has 0 unspecified atom stereocenters. The molecule has 0 aliphatic carbocycles. The minimum absolute atomic E-state index is 0.122. The van der Waals surface area contributed by atoms with Crippen LogP contribution in [0.3, 0.4) is 0 Å². The van der Waals surface area contributed by atoms with Gasteiger partial charge in [-0.2, -0.15) is 0 Å². The number of nitrogens with zero attached hydrogens (tertiary/aromatic N) is 2. The van der Waals surface area contributed by atoms with Gasteiger partial charge in [-0.3, -0.25) is 33.8 Å². The first-order valence-electron chi connectivity index (χ1n) is 14.0. The van der Waals surface area contributed by atoms with Gasteiger partial charge in [0.1, 0.15) is 30.2 Å². The molecule has 0 aromatic heterocycles. The lowest BCUT2D eigenvalue weighted by Crippen LogP contribution is -2.57. The molecule has 2 aliphatic heterocycles. The molecule has 0 aromatic carbocycles. The van der Waals surface area contributed by atoms with Gasteiger partial charge in [0.2, 0.25) is 35.4 Å². The van der Waals surface area contributed by atoms with E-state index in [1.807, 2.05) is 0 Å². The lowest BCUT2D eigenvalue weighted by atomic mass is 10.0. The second-order valence-electron chi connectivity index (χ2n) is 10.3. The number of rotatable bonds is 11. The fraction of sp³-hybridized carbons (Fsp3) is 0.720. The molecule has 16 heteroatoms. The maximum absolute atomic E-state index is 13.4. The molecule has 230 valence electrons.